The molecule has 0 bridgehead atoms. The smallest absolute Gasteiger partial charge is 0.289 e. The quantitative estimate of drug-likeness (QED) is 0.778. The molecule has 5 nitrogen and oxygen atoms in total. The van der Waals surface area contributed by atoms with Crippen LogP contribution in [0.2, 0.25) is 5.02 Å². The number of rotatable bonds is 5. The summed E-state index contributed by atoms with van der Waals surface area (Å²) < 4.78 is 6.06. The van der Waals surface area contributed by atoms with E-state index in [1.54, 1.807) is 23.1 Å². The number of amides is 2. The summed E-state index contributed by atoms with van der Waals surface area (Å²) in [5.41, 5.74) is 0.809. The molecule has 0 spiro atoms. The fourth-order valence-electron chi connectivity index (χ4n) is 3.69. The molecule has 0 radical (unpaired) electrons. The lowest BCUT2D eigenvalue weighted by molar-refractivity contribution is -0.152. The molecule has 1 aliphatic heterocycles. The van der Waals surface area contributed by atoms with E-state index in [4.69, 9.17) is 16.3 Å². The minimum atomic E-state index is -0.225. The summed E-state index contributed by atoms with van der Waals surface area (Å²) in [5.74, 6) is -0.0554. The number of hydrogen-bond acceptors (Lipinski definition) is 3. The summed E-state index contributed by atoms with van der Waals surface area (Å²) in [4.78, 5) is 27.2. The number of nitrogens with zero attached hydrogens (tertiary/aromatic N) is 1. The van der Waals surface area contributed by atoms with Crippen molar-refractivity contribution in [2.45, 2.75) is 64.1 Å². The first-order chi connectivity index (χ1) is 13.0. The summed E-state index contributed by atoms with van der Waals surface area (Å²) in [7, 11) is 0. The number of hydrogen-bond donors (Lipinski definition) is 1. The molecule has 2 aliphatic rings. The van der Waals surface area contributed by atoms with Crippen molar-refractivity contribution in [2.75, 3.05) is 6.54 Å². The summed E-state index contributed by atoms with van der Waals surface area (Å²) in [5, 5.41) is 3.56. The zero-order valence-corrected chi connectivity index (χ0v) is 16.7. The molecule has 2 fully saturated rings. The lowest BCUT2D eigenvalue weighted by Gasteiger charge is -2.44. The van der Waals surface area contributed by atoms with E-state index in [0.717, 1.165) is 37.7 Å². The minimum absolute atomic E-state index is 0.0366. The third kappa shape index (κ3) is 4.83. The molecule has 2 amide bonds. The molecule has 146 valence electrons. The predicted octanol–water partition coefficient (Wildman–Crippen LogP) is 3.77. The van der Waals surface area contributed by atoms with Gasteiger partial charge in [-0.25, -0.2) is 0 Å². The second kappa shape index (κ2) is 8.79. The maximum atomic E-state index is 13.1. The van der Waals surface area contributed by atoms with Crippen molar-refractivity contribution in [3.63, 3.8) is 0 Å². The molecule has 3 unspecified atom stereocenters. The van der Waals surface area contributed by atoms with Crippen LogP contribution in [0.1, 0.15) is 51.5 Å². The summed E-state index contributed by atoms with van der Waals surface area (Å²) in [6, 6.07) is 7.35. The van der Waals surface area contributed by atoms with Crippen molar-refractivity contribution >= 4 is 29.5 Å². The molecule has 1 saturated heterocycles. The SMILES string of the molecule is CCC(C)NC(=O)CN1C(=O)/C(=C\c2cccc(Cl)c2)OC2CCCCC21. The molecule has 1 N–H and O–H groups in total. The summed E-state index contributed by atoms with van der Waals surface area (Å²) >= 11 is 6.05. The van der Waals surface area contributed by atoms with Crippen molar-refractivity contribution in [3.8, 4) is 0 Å². The van der Waals surface area contributed by atoms with E-state index in [0.29, 0.717) is 5.02 Å². The summed E-state index contributed by atoms with van der Waals surface area (Å²) in [6.07, 6.45) is 6.42. The highest BCUT2D eigenvalue weighted by molar-refractivity contribution is 6.30. The Hall–Kier alpha value is -2.01. The second-order valence-electron chi connectivity index (χ2n) is 7.38. The molecule has 27 heavy (non-hydrogen) atoms. The fourth-order valence-corrected chi connectivity index (χ4v) is 3.89. The van der Waals surface area contributed by atoms with Crippen LogP contribution in [0.4, 0.5) is 0 Å². The highest BCUT2D eigenvalue weighted by Gasteiger charge is 2.42. The van der Waals surface area contributed by atoms with Gasteiger partial charge in [0.1, 0.15) is 12.6 Å². The first kappa shape index (κ1) is 19.7. The van der Waals surface area contributed by atoms with Crippen LogP contribution in [0.5, 0.6) is 0 Å². The lowest BCUT2D eigenvalue weighted by Crippen LogP contribution is -2.57. The van der Waals surface area contributed by atoms with Gasteiger partial charge in [-0.3, -0.25) is 9.59 Å². The number of ether oxygens (including phenoxy) is 1. The maximum Gasteiger partial charge on any atom is 0.289 e. The summed E-state index contributed by atoms with van der Waals surface area (Å²) in [6.45, 7) is 4.06. The van der Waals surface area contributed by atoms with Crippen LogP contribution >= 0.6 is 11.6 Å². The first-order valence-electron chi connectivity index (χ1n) is 9.72. The Bertz CT molecular complexity index is 734. The van der Waals surface area contributed by atoms with Crippen LogP contribution in [0.15, 0.2) is 30.0 Å². The van der Waals surface area contributed by atoms with Gasteiger partial charge in [-0.15, -0.1) is 0 Å². The Morgan fingerprint density at radius 3 is 2.93 bits per heavy atom. The molecule has 1 saturated carbocycles. The van der Waals surface area contributed by atoms with Gasteiger partial charge in [-0.2, -0.15) is 0 Å². The number of carbonyl (C=O) groups is 2. The van der Waals surface area contributed by atoms with Gasteiger partial charge in [0.2, 0.25) is 5.91 Å². The number of halogens is 1. The van der Waals surface area contributed by atoms with Gasteiger partial charge >= 0.3 is 0 Å². The second-order valence-corrected chi connectivity index (χ2v) is 7.82. The van der Waals surface area contributed by atoms with E-state index in [2.05, 4.69) is 5.32 Å². The highest BCUT2D eigenvalue weighted by Crippen LogP contribution is 2.33. The van der Waals surface area contributed by atoms with E-state index in [1.807, 2.05) is 26.0 Å². The van der Waals surface area contributed by atoms with E-state index < -0.39 is 0 Å². The zero-order valence-electron chi connectivity index (χ0n) is 15.9. The van der Waals surface area contributed by atoms with Crippen molar-refractivity contribution in [2.24, 2.45) is 0 Å². The number of nitrogens with one attached hydrogen (secondary N) is 1. The monoisotopic (exact) mass is 390 g/mol. The van der Waals surface area contributed by atoms with Gasteiger partial charge in [0.15, 0.2) is 5.76 Å². The number of fused-ring (bicyclic) bond motifs is 1. The molecule has 1 heterocycles. The Labute approximate surface area is 165 Å². The fraction of sp³-hybridized carbons (Fsp3) is 0.524. The first-order valence-corrected chi connectivity index (χ1v) is 10.1. The van der Waals surface area contributed by atoms with E-state index >= 15 is 0 Å². The van der Waals surface area contributed by atoms with Gasteiger partial charge in [-0.1, -0.05) is 37.1 Å². The van der Waals surface area contributed by atoms with E-state index in [1.165, 1.54) is 0 Å². The van der Waals surface area contributed by atoms with Crippen molar-refractivity contribution < 1.29 is 14.3 Å². The van der Waals surface area contributed by atoms with Crippen LogP contribution in [0, 0.1) is 0 Å². The number of morpholine rings is 1. The van der Waals surface area contributed by atoms with Crippen molar-refractivity contribution in [3.05, 3.63) is 40.6 Å². The Morgan fingerprint density at radius 2 is 2.19 bits per heavy atom. The minimum Gasteiger partial charge on any atom is -0.482 e. The maximum absolute atomic E-state index is 13.1. The van der Waals surface area contributed by atoms with E-state index in [9.17, 15) is 9.59 Å². The zero-order chi connectivity index (χ0) is 19.4. The lowest BCUT2D eigenvalue weighted by atomic mass is 9.89. The average Bonchev–Trinajstić information content (AvgIpc) is 2.65. The molecule has 1 aliphatic carbocycles. The van der Waals surface area contributed by atoms with E-state index in [-0.39, 0.29) is 42.3 Å². The van der Waals surface area contributed by atoms with Gasteiger partial charge in [-0.05, 0) is 56.4 Å². The standard InChI is InChI=1S/C21H27ClN2O3/c1-3-14(2)23-20(25)13-24-17-9-4-5-10-18(17)27-19(21(24)26)12-15-7-6-8-16(22)11-15/h6-8,11-12,14,17-18H,3-5,9-10,13H2,1-2H3,(H,23,25)/b19-12+. The van der Waals surface area contributed by atoms with Crippen LogP contribution in [-0.2, 0) is 14.3 Å². The molecule has 3 atom stereocenters. The molecular formula is C21H27ClN2O3. The van der Waals surface area contributed by atoms with Gasteiger partial charge in [0.05, 0.1) is 6.04 Å². The van der Waals surface area contributed by atoms with Crippen molar-refractivity contribution in [1.29, 1.82) is 0 Å². The van der Waals surface area contributed by atoms with Crippen LogP contribution < -0.4 is 5.32 Å². The number of carbonyl (C=O) groups excluding carboxylic acids is 2. The molecule has 1 aromatic rings. The Kier molecular flexibility index (Phi) is 6.42. The third-order valence-electron chi connectivity index (χ3n) is 5.30. The molecule has 3 rings (SSSR count). The molecule has 0 aromatic heterocycles. The van der Waals surface area contributed by atoms with Crippen LogP contribution in [0.25, 0.3) is 6.08 Å². The number of benzene rings is 1. The van der Waals surface area contributed by atoms with Crippen LogP contribution in [-0.4, -0.2) is 41.4 Å². The molecule has 1 aromatic carbocycles. The van der Waals surface area contributed by atoms with Gasteiger partial charge in [0, 0.05) is 11.1 Å². The van der Waals surface area contributed by atoms with Crippen LogP contribution in [0.3, 0.4) is 0 Å². The van der Waals surface area contributed by atoms with Gasteiger partial charge < -0.3 is 15.0 Å². The molecular weight excluding hydrogens is 364 g/mol. The Morgan fingerprint density at radius 1 is 1.41 bits per heavy atom. The normalized spacial score (nSPS) is 24.9. The predicted molar refractivity (Wildman–Crippen MR) is 106 cm³/mol. The Balaban J connectivity index is 1.83. The molecule has 6 heteroatoms. The third-order valence-corrected chi connectivity index (χ3v) is 5.53. The largest absolute Gasteiger partial charge is 0.482 e. The highest BCUT2D eigenvalue weighted by atomic mass is 35.5. The van der Waals surface area contributed by atoms with Gasteiger partial charge in [0.25, 0.3) is 5.91 Å². The average molecular weight is 391 g/mol. The topological polar surface area (TPSA) is 58.6 Å². The van der Waals surface area contributed by atoms with Crippen molar-refractivity contribution in [1.82, 2.24) is 10.2 Å².